The molecule has 19 heavy (non-hydrogen) atoms. The predicted molar refractivity (Wildman–Crippen MR) is 85.0 cm³/mol. The van der Waals surface area contributed by atoms with Gasteiger partial charge < -0.3 is 4.74 Å². The second-order valence-electron chi connectivity index (χ2n) is 4.26. The molecular weight excluding hydrogens is 375 g/mol. The number of carbonyl (C=O) groups excluding carboxylic acids is 1. The van der Waals surface area contributed by atoms with Gasteiger partial charge in [0.05, 0.1) is 5.56 Å². The topological polar surface area (TPSA) is 26.3 Å². The summed E-state index contributed by atoms with van der Waals surface area (Å²) in [6.45, 7) is 3.87. The second kappa shape index (κ2) is 5.92. The number of hydrogen-bond acceptors (Lipinski definition) is 2. The SMILES string of the molecule is Cc1cc(OC(=O)c2ccc(C)c(I)c2)ccc1Cl. The Labute approximate surface area is 130 Å². The van der Waals surface area contributed by atoms with Gasteiger partial charge in [0.1, 0.15) is 5.75 Å². The van der Waals surface area contributed by atoms with Crippen molar-refractivity contribution in [2.75, 3.05) is 0 Å². The summed E-state index contributed by atoms with van der Waals surface area (Å²) in [6.07, 6.45) is 0. The Hall–Kier alpha value is -1.07. The first-order chi connectivity index (χ1) is 8.97. The zero-order valence-electron chi connectivity index (χ0n) is 10.5. The molecule has 0 amide bonds. The van der Waals surface area contributed by atoms with Crippen molar-refractivity contribution in [1.82, 2.24) is 0 Å². The molecule has 0 aromatic heterocycles. The molecule has 2 rings (SSSR count). The molecule has 0 saturated heterocycles. The van der Waals surface area contributed by atoms with Crippen LogP contribution in [0.2, 0.25) is 5.02 Å². The molecule has 0 spiro atoms. The third-order valence-corrected chi connectivity index (χ3v) is 4.33. The van der Waals surface area contributed by atoms with Gasteiger partial charge in [0.25, 0.3) is 0 Å². The zero-order chi connectivity index (χ0) is 14.0. The molecule has 0 radical (unpaired) electrons. The summed E-state index contributed by atoms with van der Waals surface area (Å²) in [5, 5.41) is 0.657. The van der Waals surface area contributed by atoms with E-state index in [-0.39, 0.29) is 5.97 Å². The van der Waals surface area contributed by atoms with E-state index in [1.165, 1.54) is 0 Å². The highest BCUT2D eigenvalue weighted by Crippen LogP contribution is 2.22. The van der Waals surface area contributed by atoms with Crippen molar-refractivity contribution in [3.63, 3.8) is 0 Å². The number of hydrogen-bond donors (Lipinski definition) is 0. The molecule has 2 nitrogen and oxygen atoms in total. The molecule has 2 aromatic carbocycles. The number of ether oxygens (including phenoxy) is 1. The van der Waals surface area contributed by atoms with E-state index >= 15 is 0 Å². The van der Waals surface area contributed by atoms with Crippen LogP contribution in [0.3, 0.4) is 0 Å². The van der Waals surface area contributed by atoms with Gasteiger partial charge in [0.2, 0.25) is 0 Å². The summed E-state index contributed by atoms with van der Waals surface area (Å²) in [4.78, 5) is 12.0. The van der Waals surface area contributed by atoms with Crippen LogP contribution in [-0.2, 0) is 0 Å². The van der Waals surface area contributed by atoms with Gasteiger partial charge in [-0.05, 0) is 77.9 Å². The lowest BCUT2D eigenvalue weighted by Gasteiger charge is -2.07. The highest BCUT2D eigenvalue weighted by Gasteiger charge is 2.10. The minimum absolute atomic E-state index is 0.361. The fraction of sp³-hybridized carbons (Fsp3) is 0.133. The van der Waals surface area contributed by atoms with Crippen molar-refractivity contribution < 1.29 is 9.53 Å². The van der Waals surface area contributed by atoms with Crippen LogP contribution in [0.4, 0.5) is 0 Å². The van der Waals surface area contributed by atoms with Crippen LogP contribution in [0.1, 0.15) is 21.5 Å². The van der Waals surface area contributed by atoms with Crippen molar-refractivity contribution in [1.29, 1.82) is 0 Å². The van der Waals surface area contributed by atoms with Crippen molar-refractivity contribution in [3.8, 4) is 5.75 Å². The van der Waals surface area contributed by atoms with E-state index in [4.69, 9.17) is 16.3 Å². The number of aryl methyl sites for hydroxylation is 2. The van der Waals surface area contributed by atoms with E-state index in [1.807, 2.05) is 26.0 Å². The molecule has 4 heteroatoms. The number of halogens is 2. The summed E-state index contributed by atoms with van der Waals surface area (Å²) in [6, 6.07) is 10.7. The van der Waals surface area contributed by atoms with E-state index in [0.717, 1.165) is 14.7 Å². The Bertz CT molecular complexity index is 638. The molecule has 0 aliphatic heterocycles. The Morgan fingerprint density at radius 1 is 1.11 bits per heavy atom. The number of rotatable bonds is 2. The molecule has 0 heterocycles. The van der Waals surface area contributed by atoms with Crippen LogP contribution in [-0.4, -0.2) is 5.97 Å². The first-order valence-corrected chi connectivity index (χ1v) is 7.17. The third-order valence-electron chi connectivity index (χ3n) is 2.75. The molecule has 0 N–H and O–H groups in total. The fourth-order valence-electron chi connectivity index (χ4n) is 1.57. The van der Waals surface area contributed by atoms with Crippen LogP contribution in [0.15, 0.2) is 36.4 Å². The smallest absolute Gasteiger partial charge is 0.343 e. The zero-order valence-corrected chi connectivity index (χ0v) is 13.4. The van der Waals surface area contributed by atoms with E-state index < -0.39 is 0 Å². The Kier molecular flexibility index (Phi) is 4.47. The normalized spacial score (nSPS) is 10.3. The maximum absolute atomic E-state index is 12.0. The van der Waals surface area contributed by atoms with Gasteiger partial charge in [0, 0.05) is 8.59 Å². The fourth-order valence-corrected chi connectivity index (χ4v) is 2.20. The van der Waals surface area contributed by atoms with Gasteiger partial charge in [-0.1, -0.05) is 17.7 Å². The van der Waals surface area contributed by atoms with Crippen LogP contribution in [0.5, 0.6) is 5.75 Å². The third kappa shape index (κ3) is 3.48. The van der Waals surface area contributed by atoms with Crippen LogP contribution >= 0.6 is 34.2 Å². The monoisotopic (exact) mass is 386 g/mol. The minimum Gasteiger partial charge on any atom is -0.423 e. The van der Waals surface area contributed by atoms with Crippen molar-refractivity contribution in [2.24, 2.45) is 0 Å². The van der Waals surface area contributed by atoms with Crippen molar-refractivity contribution >= 4 is 40.2 Å². The molecular formula is C15H12ClIO2. The Balaban J connectivity index is 2.20. The summed E-state index contributed by atoms with van der Waals surface area (Å²) in [5.41, 5.74) is 2.56. The van der Waals surface area contributed by atoms with Gasteiger partial charge in [-0.3, -0.25) is 0 Å². The maximum atomic E-state index is 12.0. The molecule has 0 atom stereocenters. The number of benzene rings is 2. The average molecular weight is 387 g/mol. The lowest BCUT2D eigenvalue weighted by atomic mass is 10.1. The molecule has 0 unspecified atom stereocenters. The van der Waals surface area contributed by atoms with Crippen LogP contribution < -0.4 is 4.74 Å². The highest BCUT2D eigenvalue weighted by molar-refractivity contribution is 14.1. The molecule has 0 aliphatic rings. The molecule has 0 bridgehead atoms. The Morgan fingerprint density at radius 2 is 1.84 bits per heavy atom. The largest absolute Gasteiger partial charge is 0.423 e. The first kappa shape index (κ1) is 14.3. The van der Waals surface area contributed by atoms with Crippen molar-refractivity contribution in [2.45, 2.75) is 13.8 Å². The number of carbonyl (C=O) groups is 1. The maximum Gasteiger partial charge on any atom is 0.343 e. The van der Waals surface area contributed by atoms with Gasteiger partial charge in [-0.15, -0.1) is 0 Å². The van der Waals surface area contributed by atoms with E-state index in [9.17, 15) is 4.79 Å². The molecule has 0 aliphatic carbocycles. The average Bonchev–Trinajstić information content (AvgIpc) is 2.37. The van der Waals surface area contributed by atoms with Crippen LogP contribution in [0.25, 0.3) is 0 Å². The lowest BCUT2D eigenvalue weighted by molar-refractivity contribution is 0.0734. The quantitative estimate of drug-likeness (QED) is 0.422. The van der Waals surface area contributed by atoms with Gasteiger partial charge in [-0.25, -0.2) is 4.79 Å². The summed E-state index contributed by atoms with van der Waals surface area (Å²) >= 11 is 8.13. The van der Waals surface area contributed by atoms with Crippen LogP contribution in [0, 0.1) is 17.4 Å². The van der Waals surface area contributed by atoms with Gasteiger partial charge >= 0.3 is 5.97 Å². The molecule has 0 saturated carbocycles. The minimum atomic E-state index is -0.361. The van der Waals surface area contributed by atoms with Gasteiger partial charge in [0.15, 0.2) is 0 Å². The van der Waals surface area contributed by atoms with E-state index in [2.05, 4.69) is 22.6 Å². The van der Waals surface area contributed by atoms with Crippen molar-refractivity contribution in [3.05, 3.63) is 61.7 Å². The molecule has 0 fully saturated rings. The summed E-state index contributed by atoms with van der Waals surface area (Å²) < 4.78 is 6.37. The Morgan fingerprint density at radius 3 is 2.47 bits per heavy atom. The van der Waals surface area contributed by atoms with E-state index in [1.54, 1.807) is 24.3 Å². The summed E-state index contributed by atoms with van der Waals surface area (Å²) in [7, 11) is 0. The van der Waals surface area contributed by atoms with E-state index in [0.29, 0.717) is 16.3 Å². The second-order valence-corrected chi connectivity index (χ2v) is 5.83. The molecule has 98 valence electrons. The molecule has 2 aromatic rings. The first-order valence-electron chi connectivity index (χ1n) is 5.72. The predicted octanol–water partition coefficient (Wildman–Crippen LogP) is 4.78. The lowest BCUT2D eigenvalue weighted by Crippen LogP contribution is -2.09. The highest BCUT2D eigenvalue weighted by atomic mass is 127. The standard InChI is InChI=1S/C15H12ClIO2/c1-9-3-4-11(8-14(9)17)15(18)19-12-5-6-13(16)10(2)7-12/h3-8H,1-2H3. The van der Waals surface area contributed by atoms with Gasteiger partial charge in [-0.2, -0.15) is 0 Å². The number of esters is 1. The summed E-state index contributed by atoms with van der Waals surface area (Å²) in [5.74, 6) is 0.141.